The van der Waals surface area contributed by atoms with E-state index >= 15 is 0 Å². The van der Waals surface area contributed by atoms with Gasteiger partial charge >= 0.3 is 5.97 Å². The molecule has 0 heterocycles. The van der Waals surface area contributed by atoms with E-state index < -0.39 is 12.1 Å². The second kappa shape index (κ2) is 9.61. The number of hydrogen-bond donors (Lipinski definition) is 1. The van der Waals surface area contributed by atoms with Crippen LogP contribution in [-0.2, 0) is 14.3 Å². The molecule has 1 N–H and O–H groups in total. The Morgan fingerprint density at radius 1 is 1.08 bits per heavy atom. The minimum absolute atomic E-state index is 0.202. The van der Waals surface area contributed by atoms with Crippen LogP contribution in [0.4, 0.5) is 5.69 Å². The molecule has 2 aromatic rings. The Labute approximate surface area is 154 Å². The molecular formula is C21H25NO4. The van der Waals surface area contributed by atoms with Gasteiger partial charge in [0.2, 0.25) is 0 Å². The molecule has 138 valence electrons. The molecule has 0 aliphatic heterocycles. The maximum Gasteiger partial charge on any atom is 0.306 e. The van der Waals surface area contributed by atoms with Gasteiger partial charge in [0, 0.05) is 12.1 Å². The van der Waals surface area contributed by atoms with Crippen LogP contribution in [-0.4, -0.2) is 24.6 Å². The zero-order valence-electron chi connectivity index (χ0n) is 15.5. The number of anilines is 1. The number of para-hydroxylation sites is 1. The minimum atomic E-state index is -0.850. The van der Waals surface area contributed by atoms with Crippen molar-refractivity contribution < 1.29 is 19.1 Å². The quantitative estimate of drug-likeness (QED) is 0.573. The first-order valence-electron chi connectivity index (χ1n) is 8.71. The van der Waals surface area contributed by atoms with Crippen LogP contribution in [0.2, 0.25) is 0 Å². The number of nitrogens with one attached hydrogen (secondary N) is 1. The highest BCUT2D eigenvalue weighted by Gasteiger charge is 2.18. The van der Waals surface area contributed by atoms with Crippen molar-refractivity contribution in [3.8, 4) is 5.75 Å². The Morgan fingerprint density at radius 3 is 2.54 bits per heavy atom. The van der Waals surface area contributed by atoms with Crippen molar-refractivity contribution >= 4 is 17.6 Å². The predicted octanol–water partition coefficient (Wildman–Crippen LogP) is 4.03. The van der Waals surface area contributed by atoms with E-state index in [0.29, 0.717) is 13.0 Å². The van der Waals surface area contributed by atoms with Gasteiger partial charge in [-0.2, -0.15) is 0 Å². The van der Waals surface area contributed by atoms with Gasteiger partial charge in [0.25, 0.3) is 5.91 Å². The average molecular weight is 355 g/mol. The lowest BCUT2D eigenvalue weighted by Crippen LogP contribution is -2.30. The fraction of sp³-hybridized carbons (Fsp3) is 0.333. The summed E-state index contributed by atoms with van der Waals surface area (Å²) < 4.78 is 10.7. The minimum Gasteiger partial charge on any atom is -0.494 e. The van der Waals surface area contributed by atoms with E-state index in [1.807, 2.05) is 62.4 Å². The number of amides is 1. The van der Waals surface area contributed by atoms with Crippen molar-refractivity contribution in [1.29, 1.82) is 0 Å². The Balaban J connectivity index is 1.72. The Kier molecular flexibility index (Phi) is 7.21. The van der Waals surface area contributed by atoms with E-state index in [1.54, 1.807) is 6.92 Å². The van der Waals surface area contributed by atoms with Crippen LogP contribution >= 0.6 is 0 Å². The van der Waals surface area contributed by atoms with E-state index in [-0.39, 0.29) is 12.3 Å². The molecule has 2 rings (SSSR count). The summed E-state index contributed by atoms with van der Waals surface area (Å²) in [6.07, 6.45) is -0.120. The first-order valence-corrected chi connectivity index (χ1v) is 8.71. The van der Waals surface area contributed by atoms with Gasteiger partial charge in [0.05, 0.1) is 6.61 Å². The van der Waals surface area contributed by atoms with Gasteiger partial charge < -0.3 is 14.8 Å². The summed E-state index contributed by atoms with van der Waals surface area (Å²) in [6, 6.07) is 15.2. The lowest BCUT2D eigenvalue weighted by molar-refractivity contribution is -0.153. The van der Waals surface area contributed by atoms with E-state index in [4.69, 9.17) is 9.47 Å². The number of esters is 1. The number of ether oxygens (including phenoxy) is 2. The first kappa shape index (κ1) is 19.5. The largest absolute Gasteiger partial charge is 0.494 e. The smallest absolute Gasteiger partial charge is 0.306 e. The summed E-state index contributed by atoms with van der Waals surface area (Å²) in [5.41, 5.74) is 2.74. The highest BCUT2D eigenvalue weighted by Crippen LogP contribution is 2.17. The second-order valence-electron chi connectivity index (χ2n) is 6.20. The van der Waals surface area contributed by atoms with Gasteiger partial charge in [0.15, 0.2) is 6.10 Å². The zero-order valence-corrected chi connectivity index (χ0v) is 15.5. The molecule has 0 fully saturated rings. The summed E-state index contributed by atoms with van der Waals surface area (Å²) in [5, 5.41) is 2.80. The Hall–Kier alpha value is -2.82. The van der Waals surface area contributed by atoms with E-state index in [9.17, 15) is 9.59 Å². The number of benzene rings is 2. The van der Waals surface area contributed by atoms with E-state index in [0.717, 1.165) is 22.6 Å². The fourth-order valence-corrected chi connectivity index (χ4v) is 2.34. The normalized spacial score (nSPS) is 11.5. The average Bonchev–Trinajstić information content (AvgIpc) is 2.62. The van der Waals surface area contributed by atoms with Gasteiger partial charge in [-0.15, -0.1) is 0 Å². The van der Waals surface area contributed by atoms with Crippen molar-refractivity contribution in [2.24, 2.45) is 0 Å². The molecule has 0 radical (unpaired) electrons. The molecule has 5 heteroatoms. The summed E-state index contributed by atoms with van der Waals surface area (Å²) in [4.78, 5) is 24.1. The molecule has 0 aliphatic rings. The topological polar surface area (TPSA) is 64.6 Å². The molecule has 0 aromatic heterocycles. The molecule has 0 unspecified atom stereocenters. The van der Waals surface area contributed by atoms with Gasteiger partial charge in [-0.1, -0.05) is 30.3 Å². The molecular weight excluding hydrogens is 330 g/mol. The van der Waals surface area contributed by atoms with E-state index in [2.05, 4.69) is 5.32 Å². The fourth-order valence-electron chi connectivity index (χ4n) is 2.34. The van der Waals surface area contributed by atoms with Crippen molar-refractivity contribution in [1.82, 2.24) is 0 Å². The monoisotopic (exact) mass is 355 g/mol. The molecule has 5 nitrogen and oxygen atoms in total. The van der Waals surface area contributed by atoms with Crippen LogP contribution in [0.1, 0.15) is 30.9 Å². The van der Waals surface area contributed by atoms with Crippen LogP contribution in [0.25, 0.3) is 0 Å². The summed E-state index contributed by atoms with van der Waals surface area (Å²) in [7, 11) is 0. The van der Waals surface area contributed by atoms with E-state index in [1.165, 1.54) is 0 Å². The van der Waals surface area contributed by atoms with Crippen molar-refractivity contribution in [3.05, 3.63) is 59.7 Å². The zero-order chi connectivity index (χ0) is 18.9. The number of hydrogen-bond acceptors (Lipinski definition) is 4. The Morgan fingerprint density at radius 2 is 1.81 bits per heavy atom. The van der Waals surface area contributed by atoms with Gasteiger partial charge in [-0.25, -0.2) is 0 Å². The summed E-state index contributed by atoms with van der Waals surface area (Å²) >= 11 is 0. The second-order valence-corrected chi connectivity index (χ2v) is 6.20. The van der Waals surface area contributed by atoms with Crippen LogP contribution in [0.15, 0.2) is 48.5 Å². The molecule has 0 bridgehead atoms. The van der Waals surface area contributed by atoms with Gasteiger partial charge in [0.1, 0.15) is 5.75 Å². The molecule has 0 saturated heterocycles. The number of carbonyl (C=O) groups excluding carboxylic acids is 2. The molecule has 26 heavy (non-hydrogen) atoms. The molecule has 0 saturated carbocycles. The third kappa shape index (κ3) is 6.24. The number of carbonyl (C=O) groups is 2. The number of aryl methyl sites for hydroxylation is 2. The highest BCUT2D eigenvalue weighted by atomic mass is 16.5. The maximum absolute atomic E-state index is 12.2. The van der Waals surface area contributed by atoms with Crippen LogP contribution in [0.5, 0.6) is 5.75 Å². The van der Waals surface area contributed by atoms with Crippen LogP contribution < -0.4 is 10.1 Å². The lowest BCUT2D eigenvalue weighted by atomic mass is 10.1. The standard InChI is InChI=1S/C21H25NO4/c1-15-11-12-16(2)19(14-15)22-21(24)17(3)26-20(23)10-7-13-25-18-8-5-4-6-9-18/h4-6,8-9,11-12,14,17H,7,10,13H2,1-3H3,(H,22,24)/t17-/m0/s1. The summed E-state index contributed by atoms with van der Waals surface area (Å²) in [6.45, 7) is 5.86. The molecule has 0 spiro atoms. The van der Waals surface area contributed by atoms with Crippen molar-refractivity contribution in [2.45, 2.75) is 39.7 Å². The van der Waals surface area contributed by atoms with Gasteiger partial charge in [-0.05, 0) is 56.5 Å². The molecule has 1 amide bonds. The molecule has 2 aromatic carbocycles. The SMILES string of the molecule is Cc1ccc(C)c(NC(=O)[C@H](C)OC(=O)CCCOc2ccccc2)c1. The summed E-state index contributed by atoms with van der Waals surface area (Å²) in [5.74, 6) is 0.0139. The Bertz CT molecular complexity index is 743. The lowest BCUT2D eigenvalue weighted by Gasteiger charge is -2.15. The van der Waals surface area contributed by atoms with Gasteiger partial charge in [-0.3, -0.25) is 9.59 Å². The van der Waals surface area contributed by atoms with Crippen molar-refractivity contribution in [2.75, 3.05) is 11.9 Å². The predicted molar refractivity (Wildman–Crippen MR) is 101 cm³/mol. The maximum atomic E-state index is 12.2. The third-order valence-corrected chi connectivity index (χ3v) is 3.87. The number of rotatable bonds is 8. The molecule has 0 aliphatic carbocycles. The first-order chi connectivity index (χ1) is 12.5. The van der Waals surface area contributed by atoms with Crippen LogP contribution in [0, 0.1) is 13.8 Å². The van der Waals surface area contributed by atoms with Crippen molar-refractivity contribution in [3.63, 3.8) is 0 Å². The van der Waals surface area contributed by atoms with Crippen LogP contribution in [0.3, 0.4) is 0 Å². The molecule has 1 atom stereocenters. The highest BCUT2D eigenvalue weighted by molar-refractivity contribution is 5.95. The third-order valence-electron chi connectivity index (χ3n) is 3.87.